The van der Waals surface area contributed by atoms with Gasteiger partial charge in [-0.3, -0.25) is 0 Å². The van der Waals surface area contributed by atoms with Gasteiger partial charge in [-0.2, -0.15) is 5.10 Å². The van der Waals surface area contributed by atoms with Gasteiger partial charge in [0, 0.05) is 24.1 Å². The van der Waals surface area contributed by atoms with E-state index >= 15 is 0 Å². The van der Waals surface area contributed by atoms with E-state index in [1.807, 2.05) is 38.4 Å². The number of hydrazone groups is 1. The molecule has 0 unspecified atom stereocenters. The highest BCUT2D eigenvalue weighted by atomic mass is 79.9. The van der Waals surface area contributed by atoms with Crippen LogP contribution in [0.4, 0.5) is 0 Å². The topological polar surface area (TPSA) is 35.8 Å². The SMILES string of the molecule is CN(C)/N=C/c1c(O)ccc2cc(Br)ccc12. The molecule has 0 aliphatic rings. The van der Waals surface area contributed by atoms with Crippen LogP contribution < -0.4 is 0 Å². The molecule has 0 amide bonds. The van der Waals surface area contributed by atoms with Gasteiger partial charge >= 0.3 is 0 Å². The molecule has 0 aromatic heterocycles. The third-order valence-electron chi connectivity index (χ3n) is 2.42. The monoisotopic (exact) mass is 292 g/mol. The first-order valence-electron chi connectivity index (χ1n) is 5.20. The van der Waals surface area contributed by atoms with Gasteiger partial charge in [0.25, 0.3) is 0 Å². The zero-order valence-corrected chi connectivity index (χ0v) is 11.3. The Kier molecular flexibility index (Phi) is 3.33. The fourth-order valence-corrected chi connectivity index (χ4v) is 2.00. The first kappa shape index (κ1) is 11.9. The predicted octanol–water partition coefficient (Wildman–Crippen LogP) is 3.20. The Labute approximate surface area is 108 Å². The van der Waals surface area contributed by atoms with Crippen molar-refractivity contribution in [3.63, 3.8) is 0 Å². The Morgan fingerprint density at radius 1 is 1.24 bits per heavy atom. The van der Waals surface area contributed by atoms with Gasteiger partial charge in [0.15, 0.2) is 0 Å². The molecule has 2 aromatic rings. The van der Waals surface area contributed by atoms with Crippen LogP contribution in [0.15, 0.2) is 39.9 Å². The van der Waals surface area contributed by atoms with E-state index in [9.17, 15) is 5.11 Å². The van der Waals surface area contributed by atoms with Crippen LogP contribution in [0.5, 0.6) is 5.75 Å². The largest absolute Gasteiger partial charge is 0.507 e. The third kappa shape index (κ3) is 2.58. The van der Waals surface area contributed by atoms with Crippen molar-refractivity contribution in [2.45, 2.75) is 0 Å². The molecular formula is C13H13BrN2O. The second-order valence-electron chi connectivity index (χ2n) is 3.96. The number of hydrogen-bond acceptors (Lipinski definition) is 3. The molecule has 0 aliphatic carbocycles. The number of phenols is 1. The van der Waals surface area contributed by atoms with E-state index in [1.54, 1.807) is 17.3 Å². The summed E-state index contributed by atoms with van der Waals surface area (Å²) >= 11 is 3.43. The minimum atomic E-state index is 0.241. The smallest absolute Gasteiger partial charge is 0.125 e. The van der Waals surface area contributed by atoms with E-state index in [2.05, 4.69) is 21.0 Å². The Hall–Kier alpha value is -1.55. The maximum atomic E-state index is 9.87. The fourth-order valence-electron chi connectivity index (χ4n) is 1.62. The Bertz CT molecular complexity index is 579. The lowest BCUT2D eigenvalue weighted by Crippen LogP contribution is -2.02. The van der Waals surface area contributed by atoms with E-state index in [0.29, 0.717) is 0 Å². The molecule has 17 heavy (non-hydrogen) atoms. The van der Waals surface area contributed by atoms with Crippen molar-refractivity contribution < 1.29 is 5.11 Å². The molecule has 2 aromatic carbocycles. The highest BCUT2D eigenvalue weighted by Gasteiger charge is 2.05. The molecule has 4 heteroatoms. The van der Waals surface area contributed by atoms with E-state index in [0.717, 1.165) is 20.8 Å². The van der Waals surface area contributed by atoms with Gasteiger partial charge in [-0.15, -0.1) is 0 Å². The van der Waals surface area contributed by atoms with Gasteiger partial charge in [-0.05, 0) is 29.0 Å². The first-order valence-corrected chi connectivity index (χ1v) is 6.00. The molecule has 0 saturated carbocycles. The molecule has 0 heterocycles. The van der Waals surface area contributed by atoms with Crippen LogP contribution in [0.25, 0.3) is 10.8 Å². The van der Waals surface area contributed by atoms with Gasteiger partial charge < -0.3 is 10.1 Å². The van der Waals surface area contributed by atoms with Crippen LogP contribution >= 0.6 is 15.9 Å². The molecule has 0 radical (unpaired) electrons. The van der Waals surface area contributed by atoms with Gasteiger partial charge in [-0.1, -0.05) is 28.1 Å². The zero-order valence-electron chi connectivity index (χ0n) is 9.68. The van der Waals surface area contributed by atoms with Crippen molar-refractivity contribution in [3.8, 4) is 5.75 Å². The van der Waals surface area contributed by atoms with Crippen LogP contribution in [0.2, 0.25) is 0 Å². The summed E-state index contributed by atoms with van der Waals surface area (Å²) < 4.78 is 1.02. The molecule has 88 valence electrons. The van der Waals surface area contributed by atoms with Crippen LogP contribution in [-0.2, 0) is 0 Å². The summed E-state index contributed by atoms with van der Waals surface area (Å²) in [4.78, 5) is 0. The fraction of sp³-hybridized carbons (Fsp3) is 0.154. The lowest BCUT2D eigenvalue weighted by molar-refractivity contribution is 0.439. The maximum absolute atomic E-state index is 9.87. The minimum Gasteiger partial charge on any atom is -0.507 e. The van der Waals surface area contributed by atoms with E-state index in [-0.39, 0.29) is 5.75 Å². The standard InChI is InChI=1S/C13H13BrN2O/c1-16(2)15-8-12-11-5-4-10(14)7-9(11)3-6-13(12)17/h3-8,17H,1-2H3/b15-8+. The highest BCUT2D eigenvalue weighted by molar-refractivity contribution is 9.10. The summed E-state index contributed by atoms with van der Waals surface area (Å²) in [5.74, 6) is 0.241. The Morgan fingerprint density at radius 3 is 2.71 bits per heavy atom. The molecule has 0 spiro atoms. The number of hydrogen-bond donors (Lipinski definition) is 1. The molecule has 0 aliphatic heterocycles. The molecule has 1 N–H and O–H groups in total. The summed E-state index contributed by atoms with van der Waals surface area (Å²) in [6.07, 6.45) is 1.67. The quantitative estimate of drug-likeness (QED) is 0.682. The maximum Gasteiger partial charge on any atom is 0.125 e. The molecule has 0 saturated heterocycles. The van der Waals surface area contributed by atoms with Crippen LogP contribution in [-0.4, -0.2) is 30.4 Å². The average Bonchev–Trinajstić information content (AvgIpc) is 2.27. The lowest BCUT2D eigenvalue weighted by atomic mass is 10.0. The summed E-state index contributed by atoms with van der Waals surface area (Å²) in [6, 6.07) is 9.51. The molecule has 0 atom stereocenters. The van der Waals surface area contributed by atoms with Gasteiger partial charge in [0.2, 0.25) is 0 Å². The van der Waals surface area contributed by atoms with Crippen molar-refractivity contribution in [2.75, 3.05) is 14.1 Å². The number of halogens is 1. The molecule has 0 fully saturated rings. The van der Waals surface area contributed by atoms with Crippen molar-refractivity contribution >= 4 is 32.9 Å². The van der Waals surface area contributed by atoms with Gasteiger partial charge in [0.05, 0.1) is 6.21 Å². The molecular weight excluding hydrogens is 280 g/mol. The van der Waals surface area contributed by atoms with Gasteiger partial charge in [0.1, 0.15) is 5.75 Å². The number of rotatable bonds is 2. The minimum absolute atomic E-state index is 0.241. The molecule has 3 nitrogen and oxygen atoms in total. The predicted molar refractivity (Wildman–Crippen MR) is 74.6 cm³/mol. The molecule has 2 rings (SSSR count). The summed E-state index contributed by atoms with van der Waals surface area (Å²) in [5.41, 5.74) is 0.740. The van der Waals surface area contributed by atoms with E-state index in [4.69, 9.17) is 0 Å². The number of benzene rings is 2. The van der Waals surface area contributed by atoms with Crippen molar-refractivity contribution in [3.05, 3.63) is 40.4 Å². The summed E-state index contributed by atoms with van der Waals surface area (Å²) in [5, 5.41) is 17.8. The average molecular weight is 293 g/mol. The van der Waals surface area contributed by atoms with E-state index < -0.39 is 0 Å². The second kappa shape index (κ2) is 4.75. The third-order valence-corrected chi connectivity index (χ3v) is 2.91. The van der Waals surface area contributed by atoms with Crippen molar-refractivity contribution in [1.82, 2.24) is 5.01 Å². The van der Waals surface area contributed by atoms with Crippen LogP contribution in [0.1, 0.15) is 5.56 Å². The first-order chi connectivity index (χ1) is 8.08. The van der Waals surface area contributed by atoms with Gasteiger partial charge in [-0.25, -0.2) is 0 Å². The number of aromatic hydroxyl groups is 1. The lowest BCUT2D eigenvalue weighted by Gasteiger charge is -2.07. The van der Waals surface area contributed by atoms with Crippen molar-refractivity contribution in [1.29, 1.82) is 0 Å². The number of fused-ring (bicyclic) bond motifs is 1. The zero-order chi connectivity index (χ0) is 12.4. The number of nitrogens with zero attached hydrogens (tertiary/aromatic N) is 2. The highest BCUT2D eigenvalue weighted by Crippen LogP contribution is 2.27. The summed E-state index contributed by atoms with van der Waals surface area (Å²) in [7, 11) is 3.69. The van der Waals surface area contributed by atoms with Crippen molar-refractivity contribution in [2.24, 2.45) is 5.10 Å². The Balaban J connectivity index is 2.63. The normalized spacial score (nSPS) is 11.2. The van der Waals surface area contributed by atoms with E-state index in [1.165, 1.54) is 0 Å². The van der Waals surface area contributed by atoms with Crippen LogP contribution in [0.3, 0.4) is 0 Å². The Morgan fingerprint density at radius 2 is 2.00 bits per heavy atom. The van der Waals surface area contributed by atoms with Crippen LogP contribution in [0, 0.1) is 0 Å². The second-order valence-corrected chi connectivity index (χ2v) is 4.87. The summed E-state index contributed by atoms with van der Waals surface area (Å²) in [6.45, 7) is 0. The number of phenolic OH excluding ortho intramolecular Hbond substituents is 1. The molecule has 0 bridgehead atoms.